The molecule has 2 N–H and O–H groups in total. The highest BCUT2D eigenvalue weighted by molar-refractivity contribution is 5.93. The third-order valence-electron chi connectivity index (χ3n) is 5.22. The second-order valence-corrected chi connectivity index (χ2v) is 7.78. The Kier molecular flexibility index (Phi) is 5.54. The van der Waals surface area contributed by atoms with E-state index >= 15 is 0 Å². The van der Waals surface area contributed by atoms with E-state index in [1.807, 2.05) is 0 Å². The number of nitrogens with zero attached hydrogens (tertiary/aromatic N) is 1. The van der Waals surface area contributed by atoms with Gasteiger partial charge in [-0.15, -0.1) is 0 Å². The first-order valence-electron chi connectivity index (χ1n) is 9.34. The molecule has 2 fully saturated rings. The van der Waals surface area contributed by atoms with Crippen LogP contribution in [0, 0.1) is 5.92 Å². The Morgan fingerprint density at radius 1 is 1.25 bits per heavy atom. The summed E-state index contributed by atoms with van der Waals surface area (Å²) in [4.78, 5) is 28.7. The van der Waals surface area contributed by atoms with Crippen molar-refractivity contribution in [2.45, 2.75) is 56.7 Å². The molecule has 0 bridgehead atoms. The van der Waals surface area contributed by atoms with E-state index in [0.29, 0.717) is 5.56 Å². The van der Waals surface area contributed by atoms with Crippen molar-refractivity contribution in [2.24, 2.45) is 5.92 Å². The lowest BCUT2D eigenvalue weighted by Gasteiger charge is -2.30. The molecule has 0 spiro atoms. The van der Waals surface area contributed by atoms with Crippen LogP contribution in [0.15, 0.2) is 12.3 Å². The lowest BCUT2D eigenvalue weighted by atomic mass is 9.91. The molecule has 1 aromatic heterocycles. The van der Waals surface area contributed by atoms with Crippen LogP contribution in [0.1, 0.15) is 61.0 Å². The molecule has 0 unspecified atom stereocenters. The maximum atomic E-state index is 12.7. The highest BCUT2D eigenvalue weighted by Crippen LogP contribution is 2.45. The number of ether oxygens (including phenoxy) is 1. The first kappa shape index (κ1) is 20.4. The fourth-order valence-electron chi connectivity index (χ4n) is 3.31. The zero-order valence-corrected chi connectivity index (χ0v) is 15.9. The Morgan fingerprint density at radius 3 is 2.46 bits per heavy atom. The zero-order chi connectivity index (χ0) is 20.5. The predicted octanol–water partition coefficient (Wildman–Crippen LogP) is 2.93. The second kappa shape index (κ2) is 7.60. The number of carbonyl (C=O) groups excluding carboxylic acids is 2. The Hall–Kier alpha value is -2.32. The fourth-order valence-corrected chi connectivity index (χ4v) is 3.31. The van der Waals surface area contributed by atoms with Crippen molar-refractivity contribution in [1.82, 2.24) is 15.6 Å². The summed E-state index contributed by atoms with van der Waals surface area (Å²) in [6.07, 6.45) is 0.611. The van der Waals surface area contributed by atoms with Crippen LogP contribution in [0.3, 0.4) is 0 Å². The summed E-state index contributed by atoms with van der Waals surface area (Å²) in [5, 5.41) is 5.41. The maximum absolute atomic E-state index is 12.7. The quantitative estimate of drug-likeness (QED) is 0.704. The van der Waals surface area contributed by atoms with Gasteiger partial charge in [0, 0.05) is 36.8 Å². The average Bonchev–Trinajstić information content (AvgIpc) is 3.50. The van der Waals surface area contributed by atoms with Gasteiger partial charge in [-0.25, -0.2) is 0 Å². The summed E-state index contributed by atoms with van der Waals surface area (Å²) < 4.78 is 42.6. The minimum Gasteiger partial charge on any atom is -0.484 e. The summed E-state index contributed by atoms with van der Waals surface area (Å²) in [5.74, 6) is -0.379. The highest BCUT2D eigenvalue weighted by atomic mass is 19.4. The molecule has 0 aliphatic heterocycles. The first-order chi connectivity index (χ1) is 13.1. The average molecular weight is 399 g/mol. The van der Waals surface area contributed by atoms with Gasteiger partial charge in [-0.05, 0) is 44.4 Å². The number of amides is 2. The molecule has 1 aromatic rings. The van der Waals surface area contributed by atoms with Gasteiger partial charge in [0.05, 0.1) is 0 Å². The van der Waals surface area contributed by atoms with Crippen LogP contribution in [0.25, 0.3) is 0 Å². The van der Waals surface area contributed by atoms with Crippen LogP contribution < -0.4 is 15.4 Å². The molecule has 9 heteroatoms. The van der Waals surface area contributed by atoms with Crippen LogP contribution in [-0.2, 0) is 4.79 Å². The molecule has 2 amide bonds. The molecule has 1 atom stereocenters. The number of halogens is 3. The summed E-state index contributed by atoms with van der Waals surface area (Å²) in [7, 11) is 1.53. The molecule has 154 valence electrons. The van der Waals surface area contributed by atoms with E-state index in [-0.39, 0.29) is 35.6 Å². The van der Waals surface area contributed by atoms with Gasteiger partial charge in [-0.3, -0.25) is 14.6 Å². The van der Waals surface area contributed by atoms with Crippen molar-refractivity contribution >= 4 is 11.8 Å². The van der Waals surface area contributed by atoms with Gasteiger partial charge in [0.25, 0.3) is 5.91 Å². The lowest BCUT2D eigenvalue weighted by Crippen LogP contribution is -2.50. The minimum absolute atomic E-state index is 0.0228. The van der Waals surface area contributed by atoms with E-state index < -0.39 is 24.2 Å². The second-order valence-electron chi connectivity index (χ2n) is 7.78. The third kappa shape index (κ3) is 5.14. The van der Waals surface area contributed by atoms with Crippen LogP contribution in [0.4, 0.5) is 13.2 Å². The molecule has 1 heterocycles. The molecule has 0 radical (unpaired) electrons. The van der Waals surface area contributed by atoms with E-state index in [4.69, 9.17) is 4.74 Å². The number of hydrogen-bond acceptors (Lipinski definition) is 4. The van der Waals surface area contributed by atoms with Crippen molar-refractivity contribution in [3.63, 3.8) is 0 Å². The normalized spacial score (nSPS) is 18.9. The number of alkyl halides is 3. The molecular formula is C19H24F3N3O3. The van der Waals surface area contributed by atoms with Gasteiger partial charge in [0.2, 0.25) is 5.91 Å². The van der Waals surface area contributed by atoms with Crippen molar-refractivity contribution in [3.8, 4) is 5.75 Å². The molecule has 2 aliphatic carbocycles. The van der Waals surface area contributed by atoms with Gasteiger partial charge < -0.3 is 15.4 Å². The number of aromatic nitrogens is 1. The lowest BCUT2D eigenvalue weighted by molar-refractivity contribution is -0.153. The van der Waals surface area contributed by atoms with Crippen LogP contribution in [0.5, 0.6) is 5.75 Å². The number of pyridine rings is 1. The van der Waals surface area contributed by atoms with E-state index in [0.717, 1.165) is 25.7 Å². The fraction of sp³-hybridized carbons (Fsp3) is 0.632. The zero-order valence-electron chi connectivity index (χ0n) is 15.9. The van der Waals surface area contributed by atoms with E-state index in [1.54, 1.807) is 6.92 Å². The topological polar surface area (TPSA) is 80.3 Å². The Bertz CT molecular complexity index is 761. The Labute approximate surface area is 161 Å². The van der Waals surface area contributed by atoms with E-state index in [1.165, 1.54) is 19.3 Å². The Morgan fingerprint density at radius 2 is 1.93 bits per heavy atom. The molecule has 28 heavy (non-hydrogen) atoms. The number of hydrogen-bond donors (Lipinski definition) is 2. The standard InChI is InChI=1S/C19H24F3N3O3/c1-18(12-5-6-12,8-16(26)23-2)25-17(27)14-7-15(28-10-19(20,21)22)13(9-24-14)11-3-4-11/h7,9,11-12H,3-6,8,10H2,1-2H3,(H,23,26)(H,25,27)/t18-/m1/s1. The summed E-state index contributed by atoms with van der Waals surface area (Å²) in [6.45, 7) is 0.381. The van der Waals surface area contributed by atoms with E-state index in [2.05, 4.69) is 15.6 Å². The van der Waals surface area contributed by atoms with Crippen molar-refractivity contribution < 1.29 is 27.5 Å². The van der Waals surface area contributed by atoms with Crippen molar-refractivity contribution in [3.05, 3.63) is 23.5 Å². The van der Waals surface area contributed by atoms with Crippen LogP contribution >= 0.6 is 0 Å². The van der Waals surface area contributed by atoms with Gasteiger partial charge in [-0.2, -0.15) is 13.2 Å². The molecule has 2 saturated carbocycles. The van der Waals surface area contributed by atoms with E-state index in [9.17, 15) is 22.8 Å². The molecule has 3 rings (SSSR count). The number of nitrogens with one attached hydrogen (secondary N) is 2. The maximum Gasteiger partial charge on any atom is 0.422 e. The van der Waals surface area contributed by atoms with Gasteiger partial charge >= 0.3 is 6.18 Å². The molecule has 6 nitrogen and oxygen atoms in total. The number of carbonyl (C=O) groups is 2. The molecule has 2 aliphatic rings. The summed E-state index contributed by atoms with van der Waals surface area (Å²) in [5.41, 5.74) is -0.164. The number of rotatable bonds is 8. The first-order valence-corrected chi connectivity index (χ1v) is 9.34. The predicted molar refractivity (Wildman–Crippen MR) is 95.0 cm³/mol. The van der Waals surface area contributed by atoms with Gasteiger partial charge in [-0.1, -0.05) is 0 Å². The summed E-state index contributed by atoms with van der Waals surface area (Å²) in [6, 6.07) is 1.27. The van der Waals surface area contributed by atoms with Crippen LogP contribution in [-0.4, -0.2) is 42.2 Å². The van der Waals surface area contributed by atoms with Gasteiger partial charge in [0.1, 0.15) is 11.4 Å². The van der Waals surface area contributed by atoms with Crippen molar-refractivity contribution in [2.75, 3.05) is 13.7 Å². The van der Waals surface area contributed by atoms with Gasteiger partial charge in [0.15, 0.2) is 6.61 Å². The van der Waals surface area contributed by atoms with Crippen molar-refractivity contribution in [1.29, 1.82) is 0 Å². The highest BCUT2D eigenvalue weighted by Gasteiger charge is 2.44. The minimum atomic E-state index is -4.47. The van der Waals surface area contributed by atoms with Crippen LogP contribution in [0.2, 0.25) is 0 Å². The molecule has 0 aromatic carbocycles. The SMILES string of the molecule is CNC(=O)C[C@@](C)(NC(=O)c1cc(OCC(F)(F)F)c(C2CC2)cn1)C1CC1. The molecular weight excluding hydrogens is 375 g/mol. The Balaban J connectivity index is 1.77. The largest absolute Gasteiger partial charge is 0.484 e. The summed E-state index contributed by atoms with van der Waals surface area (Å²) >= 11 is 0. The molecule has 0 saturated heterocycles. The smallest absolute Gasteiger partial charge is 0.422 e. The monoisotopic (exact) mass is 399 g/mol. The third-order valence-corrected chi connectivity index (χ3v) is 5.22.